The van der Waals surface area contributed by atoms with Crippen molar-refractivity contribution in [1.82, 2.24) is 10.2 Å². The van der Waals surface area contributed by atoms with Gasteiger partial charge in [0.05, 0.1) is 19.8 Å². The molecule has 22 heavy (non-hydrogen) atoms. The van der Waals surface area contributed by atoms with Gasteiger partial charge in [0, 0.05) is 24.8 Å². The van der Waals surface area contributed by atoms with E-state index in [9.17, 15) is 4.79 Å². The van der Waals surface area contributed by atoms with Crippen molar-refractivity contribution in [3.63, 3.8) is 0 Å². The lowest BCUT2D eigenvalue weighted by Gasteiger charge is -2.26. The minimum Gasteiger partial charge on any atom is -0.496 e. The molecule has 0 radical (unpaired) electrons. The summed E-state index contributed by atoms with van der Waals surface area (Å²) < 4.78 is 10.9. The second kappa shape index (κ2) is 8.15. The molecule has 2 atom stereocenters. The van der Waals surface area contributed by atoms with Gasteiger partial charge in [-0.1, -0.05) is 18.2 Å². The van der Waals surface area contributed by atoms with Crippen LogP contribution in [0.1, 0.15) is 31.4 Å². The number of ether oxygens (including phenoxy) is 2. The highest BCUT2D eigenvalue weighted by Gasteiger charge is 2.20. The summed E-state index contributed by atoms with van der Waals surface area (Å²) in [5, 5.41) is 2.95. The second-order valence-corrected chi connectivity index (χ2v) is 5.77. The van der Waals surface area contributed by atoms with E-state index >= 15 is 0 Å². The molecule has 1 aliphatic heterocycles. The number of para-hydroxylation sites is 1. The minimum absolute atomic E-state index is 0.0275. The number of methoxy groups -OCH3 is 1. The van der Waals surface area contributed by atoms with Gasteiger partial charge in [0.15, 0.2) is 0 Å². The number of carbonyl (C=O) groups excluding carboxylic acids is 1. The Morgan fingerprint density at radius 1 is 1.50 bits per heavy atom. The lowest BCUT2D eigenvalue weighted by atomic mass is 10.1. The van der Waals surface area contributed by atoms with Crippen LogP contribution in [0.5, 0.6) is 5.75 Å². The first-order chi connectivity index (χ1) is 10.6. The van der Waals surface area contributed by atoms with E-state index in [1.807, 2.05) is 36.2 Å². The number of hydrogen-bond acceptors (Lipinski definition) is 4. The number of hydrogen-bond donors (Lipinski definition) is 1. The Labute approximate surface area is 132 Å². The van der Waals surface area contributed by atoms with Crippen molar-refractivity contribution in [3.05, 3.63) is 29.8 Å². The molecule has 1 N–H and O–H groups in total. The molecule has 1 fully saturated rings. The van der Waals surface area contributed by atoms with Crippen LogP contribution in [0.3, 0.4) is 0 Å². The van der Waals surface area contributed by atoms with E-state index in [0.29, 0.717) is 13.1 Å². The van der Waals surface area contributed by atoms with Crippen LogP contribution < -0.4 is 10.1 Å². The zero-order valence-corrected chi connectivity index (χ0v) is 13.7. The highest BCUT2D eigenvalue weighted by Crippen LogP contribution is 2.27. The van der Waals surface area contributed by atoms with E-state index < -0.39 is 0 Å². The fourth-order valence-corrected chi connectivity index (χ4v) is 2.70. The van der Waals surface area contributed by atoms with Gasteiger partial charge in [0.25, 0.3) is 0 Å². The first-order valence-electron chi connectivity index (χ1n) is 7.83. The predicted octanol–water partition coefficient (Wildman–Crippen LogP) is 1.98. The fraction of sp³-hybridized carbons (Fsp3) is 0.588. The van der Waals surface area contributed by atoms with Crippen LogP contribution in [-0.4, -0.2) is 50.8 Å². The molecular formula is C17H26N2O3. The van der Waals surface area contributed by atoms with Crippen LogP contribution in [0.2, 0.25) is 0 Å². The van der Waals surface area contributed by atoms with Gasteiger partial charge in [-0.3, -0.25) is 9.69 Å². The summed E-state index contributed by atoms with van der Waals surface area (Å²) in [6.45, 7) is 3.85. The molecule has 0 spiro atoms. The largest absolute Gasteiger partial charge is 0.496 e. The van der Waals surface area contributed by atoms with Gasteiger partial charge in [-0.2, -0.15) is 0 Å². The highest BCUT2D eigenvalue weighted by atomic mass is 16.5. The Balaban J connectivity index is 1.84. The van der Waals surface area contributed by atoms with Crippen LogP contribution in [-0.2, 0) is 9.53 Å². The summed E-state index contributed by atoms with van der Waals surface area (Å²) in [5.41, 5.74) is 1.08. The number of nitrogens with one attached hydrogen (secondary N) is 1. The predicted molar refractivity (Wildman–Crippen MR) is 86.0 cm³/mol. The molecule has 0 aromatic heterocycles. The Morgan fingerprint density at radius 3 is 2.95 bits per heavy atom. The van der Waals surface area contributed by atoms with Gasteiger partial charge in [0.1, 0.15) is 5.75 Å². The van der Waals surface area contributed by atoms with Gasteiger partial charge in [-0.25, -0.2) is 0 Å². The molecule has 122 valence electrons. The second-order valence-electron chi connectivity index (χ2n) is 5.77. The summed E-state index contributed by atoms with van der Waals surface area (Å²) in [7, 11) is 3.61. The third kappa shape index (κ3) is 4.45. The van der Waals surface area contributed by atoms with E-state index in [1.165, 1.54) is 0 Å². The zero-order chi connectivity index (χ0) is 15.9. The van der Waals surface area contributed by atoms with Crippen molar-refractivity contribution in [2.45, 2.75) is 31.9 Å². The molecule has 1 aromatic carbocycles. The molecule has 5 nitrogen and oxygen atoms in total. The van der Waals surface area contributed by atoms with Crippen LogP contribution in [0.15, 0.2) is 24.3 Å². The Hall–Kier alpha value is -1.59. The van der Waals surface area contributed by atoms with Crippen LogP contribution in [0, 0.1) is 0 Å². The quantitative estimate of drug-likeness (QED) is 0.837. The first kappa shape index (κ1) is 16.8. The molecule has 0 unspecified atom stereocenters. The SMILES string of the molecule is COc1ccccc1[C@H](C)N(C)CC(=O)NC[C@H]1CCCO1. The molecule has 1 saturated heterocycles. The molecule has 0 aliphatic carbocycles. The lowest BCUT2D eigenvalue weighted by molar-refractivity contribution is -0.122. The van der Waals surface area contributed by atoms with E-state index in [2.05, 4.69) is 12.2 Å². The molecule has 5 heteroatoms. The summed E-state index contributed by atoms with van der Waals surface area (Å²) in [5.74, 6) is 0.876. The summed E-state index contributed by atoms with van der Waals surface area (Å²) in [6, 6.07) is 8.01. The van der Waals surface area contributed by atoms with Gasteiger partial charge in [-0.15, -0.1) is 0 Å². The molecule has 1 heterocycles. The van der Waals surface area contributed by atoms with Crippen LogP contribution >= 0.6 is 0 Å². The molecular weight excluding hydrogens is 280 g/mol. The average Bonchev–Trinajstić information content (AvgIpc) is 3.05. The zero-order valence-electron chi connectivity index (χ0n) is 13.7. The molecule has 2 rings (SSSR count). The maximum atomic E-state index is 12.1. The maximum Gasteiger partial charge on any atom is 0.234 e. The Morgan fingerprint density at radius 2 is 2.27 bits per heavy atom. The van der Waals surface area contributed by atoms with E-state index in [0.717, 1.165) is 30.8 Å². The molecule has 1 amide bonds. The standard InChI is InChI=1S/C17H26N2O3/c1-13(15-8-4-5-9-16(15)21-3)19(2)12-17(20)18-11-14-7-6-10-22-14/h4-5,8-9,13-14H,6-7,10-12H2,1-3H3,(H,18,20)/t13-,14+/m0/s1. The Kier molecular flexibility index (Phi) is 6.21. The third-order valence-electron chi connectivity index (χ3n) is 4.19. The van der Waals surface area contributed by atoms with Crippen LogP contribution in [0.4, 0.5) is 0 Å². The van der Waals surface area contributed by atoms with Crippen molar-refractivity contribution in [2.24, 2.45) is 0 Å². The Bertz CT molecular complexity index is 487. The molecule has 0 bridgehead atoms. The van der Waals surface area contributed by atoms with Gasteiger partial charge >= 0.3 is 0 Å². The van der Waals surface area contributed by atoms with Gasteiger partial charge in [-0.05, 0) is 32.9 Å². The molecule has 0 saturated carbocycles. The summed E-state index contributed by atoms with van der Waals surface area (Å²) >= 11 is 0. The van der Waals surface area contributed by atoms with E-state index in [-0.39, 0.29) is 18.1 Å². The third-order valence-corrected chi connectivity index (χ3v) is 4.19. The van der Waals surface area contributed by atoms with Crippen molar-refractivity contribution in [2.75, 3.05) is 33.9 Å². The lowest BCUT2D eigenvalue weighted by Crippen LogP contribution is -2.39. The molecule has 1 aromatic rings. The number of amides is 1. The van der Waals surface area contributed by atoms with Crippen molar-refractivity contribution in [1.29, 1.82) is 0 Å². The number of nitrogens with zero attached hydrogens (tertiary/aromatic N) is 1. The van der Waals surface area contributed by atoms with Crippen molar-refractivity contribution >= 4 is 5.91 Å². The number of rotatable bonds is 7. The summed E-state index contributed by atoms with van der Waals surface area (Å²) in [4.78, 5) is 14.1. The van der Waals surface area contributed by atoms with E-state index in [1.54, 1.807) is 7.11 Å². The van der Waals surface area contributed by atoms with Gasteiger partial charge < -0.3 is 14.8 Å². The number of carbonyl (C=O) groups is 1. The monoisotopic (exact) mass is 306 g/mol. The number of benzene rings is 1. The first-order valence-corrected chi connectivity index (χ1v) is 7.83. The summed E-state index contributed by atoms with van der Waals surface area (Å²) in [6.07, 6.45) is 2.31. The van der Waals surface area contributed by atoms with Crippen molar-refractivity contribution < 1.29 is 14.3 Å². The topological polar surface area (TPSA) is 50.8 Å². The van der Waals surface area contributed by atoms with Crippen molar-refractivity contribution in [3.8, 4) is 5.75 Å². The molecule has 1 aliphatic rings. The average molecular weight is 306 g/mol. The van der Waals surface area contributed by atoms with E-state index in [4.69, 9.17) is 9.47 Å². The minimum atomic E-state index is 0.0275. The maximum absolute atomic E-state index is 12.1. The smallest absolute Gasteiger partial charge is 0.234 e. The van der Waals surface area contributed by atoms with Crippen LogP contribution in [0.25, 0.3) is 0 Å². The number of likely N-dealkylation sites (N-methyl/N-ethyl adjacent to an activating group) is 1. The highest BCUT2D eigenvalue weighted by molar-refractivity contribution is 5.78. The normalized spacial score (nSPS) is 19.2. The fourth-order valence-electron chi connectivity index (χ4n) is 2.70. The van der Waals surface area contributed by atoms with Gasteiger partial charge in [0.2, 0.25) is 5.91 Å².